The molecule has 0 N–H and O–H groups in total. The number of hydrogen-bond acceptors (Lipinski definition) is 4. The second kappa shape index (κ2) is 6.87. The van der Waals surface area contributed by atoms with Gasteiger partial charge in [0.15, 0.2) is 6.29 Å². The van der Waals surface area contributed by atoms with Crippen molar-refractivity contribution in [3.63, 3.8) is 0 Å². The van der Waals surface area contributed by atoms with Crippen LogP contribution in [0, 0.1) is 0 Å². The lowest BCUT2D eigenvalue weighted by atomic mass is 10.1. The first-order valence-electron chi connectivity index (χ1n) is 8.87. The van der Waals surface area contributed by atoms with E-state index in [1.807, 2.05) is 47.8 Å². The molecule has 5 rings (SSSR count). The van der Waals surface area contributed by atoms with Crippen LogP contribution in [0.4, 0.5) is 0 Å². The van der Waals surface area contributed by atoms with E-state index >= 15 is 0 Å². The fraction of sp³-hybridized carbons (Fsp3) is 0. The number of fused-ring (bicyclic) bond motifs is 1. The number of carbonyl (C=O) groups excluding carboxylic acids is 1. The predicted octanol–water partition coefficient (Wildman–Crippen LogP) is 5.63. The molecule has 0 aliphatic rings. The minimum Gasteiger partial charge on any atom is -0.298 e. The zero-order chi connectivity index (χ0) is 18.9. The van der Waals surface area contributed by atoms with Crippen LogP contribution in [0.1, 0.15) is 10.4 Å². The summed E-state index contributed by atoms with van der Waals surface area (Å²) < 4.78 is 1.68. The monoisotopic (exact) mass is 381 g/mol. The molecule has 134 valence electrons. The Kier molecular flexibility index (Phi) is 4.07. The summed E-state index contributed by atoms with van der Waals surface area (Å²) in [6, 6.07) is 24.3. The van der Waals surface area contributed by atoms with Gasteiger partial charge in [-0.05, 0) is 16.8 Å². The van der Waals surface area contributed by atoms with Crippen LogP contribution in [-0.4, -0.2) is 21.1 Å². The van der Waals surface area contributed by atoms with Crippen molar-refractivity contribution < 1.29 is 4.79 Å². The van der Waals surface area contributed by atoms with Gasteiger partial charge in [0.05, 0.1) is 11.3 Å². The molecule has 5 heteroatoms. The van der Waals surface area contributed by atoms with Crippen molar-refractivity contribution in [2.24, 2.45) is 0 Å². The lowest BCUT2D eigenvalue weighted by Crippen LogP contribution is -1.94. The second-order valence-electron chi connectivity index (χ2n) is 6.44. The van der Waals surface area contributed by atoms with Crippen molar-refractivity contribution >= 4 is 28.4 Å². The Labute approximate surface area is 165 Å². The predicted molar refractivity (Wildman–Crippen MR) is 113 cm³/mol. The molecule has 0 spiro atoms. The van der Waals surface area contributed by atoms with Crippen LogP contribution in [-0.2, 0) is 0 Å². The van der Waals surface area contributed by atoms with Gasteiger partial charge in [0.2, 0.25) is 5.13 Å². The van der Waals surface area contributed by atoms with E-state index in [-0.39, 0.29) is 0 Å². The highest BCUT2D eigenvalue weighted by atomic mass is 32.1. The summed E-state index contributed by atoms with van der Waals surface area (Å²) in [5.74, 6) is 0. The maximum absolute atomic E-state index is 11.5. The summed E-state index contributed by atoms with van der Waals surface area (Å²) in [6.07, 6.45) is 2.57. The van der Waals surface area contributed by atoms with Crippen LogP contribution in [0.5, 0.6) is 0 Å². The number of carbonyl (C=O) groups is 1. The van der Waals surface area contributed by atoms with E-state index in [0.29, 0.717) is 11.3 Å². The van der Waals surface area contributed by atoms with Gasteiger partial charge in [-0.1, -0.05) is 66.7 Å². The number of nitrogens with zero attached hydrogens (tertiary/aromatic N) is 3. The number of aromatic nitrogens is 3. The highest BCUT2D eigenvalue weighted by molar-refractivity contribution is 7.12. The van der Waals surface area contributed by atoms with Crippen LogP contribution >= 0.6 is 11.3 Å². The van der Waals surface area contributed by atoms with Gasteiger partial charge in [-0.25, -0.2) is 9.67 Å². The van der Waals surface area contributed by atoms with E-state index in [4.69, 9.17) is 4.98 Å². The van der Waals surface area contributed by atoms with Crippen LogP contribution in [0.25, 0.3) is 38.4 Å². The number of rotatable bonds is 4. The van der Waals surface area contributed by atoms with E-state index in [2.05, 4.69) is 35.4 Å². The minimum atomic E-state index is 0.550. The van der Waals surface area contributed by atoms with E-state index in [9.17, 15) is 4.79 Å². The van der Waals surface area contributed by atoms with Crippen LogP contribution in [0.2, 0.25) is 0 Å². The Balaban J connectivity index is 1.54. The highest BCUT2D eigenvalue weighted by Crippen LogP contribution is 2.28. The molecule has 0 aliphatic heterocycles. The van der Waals surface area contributed by atoms with Crippen molar-refractivity contribution in [2.75, 3.05) is 0 Å². The van der Waals surface area contributed by atoms with Crippen molar-refractivity contribution in [3.05, 3.63) is 89.9 Å². The normalized spacial score (nSPS) is 11.0. The van der Waals surface area contributed by atoms with Gasteiger partial charge in [-0.2, -0.15) is 5.10 Å². The van der Waals surface area contributed by atoms with Gasteiger partial charge in [0.1, 0.15) is 5.69 Å². The summed E-state index contributed by atoms with van der Waals surface area (Å²) in [7, 11) is 0. The molecule has 28 heavy (non-hydrogen) atoms. The Morgan fingerprint density at radius 3 is 2.46 bits per heavy atom. The van der Waals surface area contributed by atoms with Crippen LogP contribution in [0.15, 0.2) is 84.4 Å². The first kappa shape index (κ1) is 16.6. The lowest BCUT2D eigenvalue weighted by molar-refractivity contribution is 0.112. The molecule has 5 aromatic rings. The zero-order valence-electron chi connectivity index (χ0n) is 14.8. The quantitative estimate of drug-likeness (QED) is 0.379. The van der Waals surface area contributed by atoms with Gasteiger partial charge in [0, 0.05) is 22.7 Å². The van der Waals surface area contributed by atoms with Gasteiger partial charge in [-0.3, -0.25) is 4.79 Å². The second-order valence-corrected chi connectivity index (χ2v) is 7.28. The first-order valence-corrected chi connectivity index (χ1v) is 9.75. The third kappa shape index (κ3) is 2.92. The van der Waals surface area contributed by atoms with Gasteiger partial charge in [0.25, 0.3) is 0 Å². The molecule has 0 unspecified atom stereocenters. The van der Waals surface area contributed by atoms with E-state index in [0.717, 1.165) is 28.2 Å². The molecular formula is C23H15N3OS. The molecule has 2 heterocycles. The van der Waals surface area contributed by atoms with Gasteiger partial charge < -0.3 is 0 Å². The molecule has 0 fully saturated rings. The average molecular weight is 381 g/mol. The van der Waals surface area contributed by atoms with E-state index in [1.165, 1.54) is 22.1 Å². The van der Waals surface area contributed by atoms with E-state index < -0.39 is 0 Å². The Hall–Kier alpha value is -3.57. The molecular weight excluding hydrogens is 366 g/mol. The Morgan fingerprint density at radius 1 is 0.857 bits per heavy atom. The minimum absolute atomic E-state index is 0.550. The molecule has 3 aromatic carbocycles. The molecule has 0 aliphatic carbocycles. The van der Waals surface area contributed by atoms with Crippen molar-refractivity contribution in [2.45, 2.75) is 0 Å². The smallest absolute Gasteiger partial charge is 0.210 e. The summed E-state index contributed by atoms with van der Waals surface area (Å²) >= 11 is 1.50. The zero-order valence-corrected chi connectivity index (χ0v) is 15.6. The fourth-order valence-electron chi connectivity index (χ4n) is 3.24. The number of benzene rings is 3. The highest BCUT2D eigenvalue weighted by Gasteiger charge is 2.14. The molecule has 0 bridgehead atoms. The molecule has 0 atom stereocenters. The first-order chi connectivity index (χ1) is 13.8. The number of thiazole rings is 1. The van der Waals surface area contributed by atoms with Crippen LogP contribution < -0.4 is 0 Å². The SMILES string of the molecule is O=Cc1cn(-c2nc(-c3ccc4ccccc4c3)cs2)nc1-c1ccccc1. The maximum Gasteiger partial charge on any atom is 0.210 e. The molecule has 0 saturated heterocycles. The van der Waals surface area contributed by atoms with Gasteiger partial charge in [-0.15, -0.1) is 11.3 Å². The van der Waals surface area contributed by atoms with Crippen molar-refractivity contribution in [1.82, 2.24) is 14.8 Å². The molecule has 0 amide bonds. The lowest BCUT2D eigenvalue weighted by Gasteiger charge is -2.01. The maximum atomic E-state index is 11.5. The largest absolute Gasteiger partial charge is 0.298 e. The summed E-state index contributed by atoms with van der Waals surface area (Å²) in [6.45, 7) is 0. The number of aldehydes is 1. The Bertz CT molecular complexity index is 1290. The molecule has 4 nitrogen and oxygen atoms in total. The molecule has 2 aromatic heterocycles. The fourth-order valence-corrected chi connectivity index (χ4v) is 4.00. The molecule has 0 radical (unpaired) electrons. The van der Waals surface area contributed by atoms with E-state index in [1.54, 1.807) is 10.9 Å². The average Bonchev–Trinajstić information content (AvgIpc) is 3.41. The summed E-state index contributed by atoms with van der Waals surface area (Å²) in [5, 5.41) is 9.75. The molecule has 0 saturated carbocycles. The summed E-state index contributed by atoms with van der Waals surface area (Å²) in [4.78, 5) is 16.3. The van der Waals surface area contributed by atoms with Crippen molar-refractivity contribution in [3.8, 4) is 27.6 Å². The van der Waals surface area contributed by atoms with Gasteiger partial charge >= 0.3 is 0 Å². The third-order valence-electron chi connectivity index (χ3n) is 4.65. The standard InChI is InChI=1S/C23H15N3OS/c27-14-20-13-26(25-22(20)17-7-2-1-3-8-17)23-24-21(15-28-23)19-11-10-16-6-4-5-9-18(16)12-19/h1-15H. The number of hydrogen-bond donors (Lipinski definition) is 0. The Morgan fingerprint density at radius 2 is 1.64 bits per heavy atom. The summed E-state index contributed by atoms with van der Waals surface area (Å²) in [5.41, 5.74) is 4.09. The third-order valence-corrected chi connectivity index (χ3v) is 5.48. The van der Waals surface area contributed by atoms with Crippen molar-refractivity contribution in [1.29, 1.82) is 0 Å². The topological polar surface area (TPSA) is 47.8 Å². The van der Waals surface area contributed by atoms with Crippen LogP contribution in [0.3, 0.4) is 0 Å².